The van der Waals surface area contributed by atoms with E-state index in [1.807, 2.05) is 39.0 Å². The lowest BCUT2D eigenvalue weighted by Crippen LogP contribution is -2.53. The Kier molecular flexibility index (Phi) is 7.94. The molecule has 1 unspecified atom stereocenters. The maximum Gasteiger partial charge on any atom is 0.241 e. The minimum atomic E-state index is -0.319. The molecule has 166 valence electrons. The van der Waals surface area contributed by atoms with E-state index in [9.17, 15) is 9.59 Å². The molecule has 8 heteroatoms. The first-order chi connectivity index (χ1) is 14.7. The molecule has 1 aliphatic rings. The van der Waals surface area contributed by atoms with Crippen LogP contribution in [0.3, 0.4) is 0 Å². The van der Waals surface area contributed by atoms with Crippen molar-refractivity contribution >= 4 is 46.4 Å². The smallest absolute Gasteiger partial charge is 0.241 e. The third-order valence-electron chi connectivity index (χ3n) is 5.63. The summed E-state index contributed by atoms with van der Waals surface area (Å²) in [7, 11) is 0. The number of amides is 2. The number of aryl methyl sites for hydroxylation is 2. The van der Waals surface area contributed by atoms with Gasteiger partial charge >= 0.3 is 0 Å². The summed E-state index contributed by atoms with van der Waals surface area (Å²) < 4.78 is 0. The molecule has 1 heterocycles. The second-order valence-corrected chi connectivity index (χ2v) is 8.76. The van der Waals surface area contributed by atoms with Crippen molar-refractivity contribution in [1.29, 1.82) is 0 Å². The van der Waals surface area contributed by atoms with Crippen molar-refractivity contribution in [2.24, 2.45) is 0 Å². The topological polar surface area (TPSA) is 64.7 Å². The molecule has 0 spiro atoms. The molecule has 1 aliphatic heterocycles. The number of benzene rings is 2. The van der Waals surface area contributed by atoms with E-state index >= 15 is 0 Å². The summed E-state index contributed by atoms with van der Waals surface area (Å²) in [5.74, 6) is -0.155. The monoisotopic (exact) mass is 462 g/mol. The number of hydrogen-bond acceptors (Lipinski definition) is 4. The molecule has 2 amide bonds. The number of carbonyl (C=O) groups is 2. The maximum atomic E-state index is 12.7. The zero-order chi connectivity index (χ0) is 22.5. The van der Waals surface area contributed by atoms with Crippen LogP contribution in [0, 0.1) is 13.8 Å². The maximum absolute atomic E-state index is 12.7. The molecule has 2 aromatic carbocycles. The van der Waals surface area contributed by atoms with Crippen LogP contribution in [-0.2, 0) is 9.59 Å². The van der Waals surface area contributed by atoms with Gasteiger partial charge in [0.05, 0.1) is 23.3 Å². The minimum Gasteiger partial charge on any atom is -0.324 e. The summed E-state index contributed by atoms with van der Waals surface area (Å²) >= 11 is 12.1. The van der Waals surface area contributed by atoms with Crippen LogP contribution in [0.4, 0.5) is 11.4 Å². The van der Waals surface area contributed by atoms with E-state index in [0.717, 1.165) is 29.9 Å². The quantitative estimate of drug-likeness (QED) is 0.675. The van der Waals surface area contributed by atoms with Crippen molar-refractivity contribution in [1.82, 2.24) is 9.80 Å². The number of hydrogen-bond donors (Lipinski definition) is 2. The van der Waals surface area contributed by atoms with Crippen molar-refractivity contribution in [2.45, 2.75) is 26.8 Å². The molecule has 0 aliphatic carbocycles. The Bertz CT molecular complexity index is 938. The molecule has 1 fully saturated rings. The van der Waals surface area contributed by atoms with Gasteiger partial charge in [0.15, 0.2) is 0 Å². The van der Waals surface area contributed by atoms with Gasteiger partial charge in [0.1, 0.15) is 0 Å². The van der Waals surface area contributed by atoms with Gasteiger partial charge < -0.3 is 10.6 Å². The first-order valence-corrected chi connectivity index (χ1v) is 11.1. The zero-order valence-corrected chi connectivity index (χ0v) is 19.6. The Morgan fingerprint density at radius 2 is 1.65 bits per heavy atom. The van der Waals surface area contributed by atoms with Crippen molar-refractivity contribution in [2.75, 3.05) is 43.4 Å². The largest absolute Gasteiger partial charge is 0.324 e. The van der Waals surface area contributed by atoms with Gasteiger partial charge in [0, 0.05) is 36.9 Å². The van der Waals surface area contributed by atoms with E-state index in [-0.39, 0.29) is 17.9 Å². The number of carbonyl (C=O) groups excluding carboxylic acids is 2. The zero-order valence-electron chi connectivity index (χ0n) is 18.0. The van der Waals surface area contributed by atoms with Gasteiger partial charge in [-0.2, -0.15) is 0 Å². The Morgan fingerprint density at radius 1 is 1.00 bits per heavy atom. The van der Waals surface area contributed by atoms with E-state index in [0.29, 0.717) is 35.4 Å². The number of para-hydroxylation sites is 1. The summed E-state index contributed by atoms with van der Waals surface area (Å²) in [4.78, 5) is 29.4. The first-order valence-electron chi connectivity index (χ1n) is 10.3. The fourth-order valence-corrected chi connectivity index (χ4v) is 4.04. The first kappa shape index (κ1) is 23.5. The van der Waals surface area contributed by atoms with Crippen LogP contribution in [-0.4, -0.2) is 60.4 Å². The molecule has 3 rings (SSSR count). The van der Waals surface area contributed by atoms with Crippen LogP contribution in [0.25, 0.3) is 0 Å². The highest BCUT2D eigenvalue weighted by Gasteiger charge is 2.27. The molecule has 2 N–H and O–H groups in total. The predicted octanol–water partition coefficient (Wildman–Crippen LogP) is 4.19. The third kappa shape index (κ3) is 6.20. The van der Waals surface area contributed by atoms with Crippen molar-refractivity contribution < 1.29 is 9.59 Å². The van der Waals surface area contributed by atoms with Gasteiger partial charge in [-0.25, -0.2) is 0 Å². The summed E-state index contributed by atoms with van der Waals surface area (Å²) in [5, 5.41) is 6.85. The van der Waals surface area contributed by atoms with Gasteiger partial charge in [0.2, 0.25) is 11.8 Å². The van der Waals surface area contributed by atoms with Gasteiger partial charge in [-0.1, -0.05) is 41.4 Å². The number of rotatable bonds is 6. The lowest BCUT2D eigenvalue weighted by molar-refractivity contribution is -0.122. The standard InChI is InChI=1S/C23H28Cl2N4O2/c1-15-5-4-6-16(2)22(15)27-21(30)14-28-9-11-29(12-10-28)17(3)23(31)26-20-13-18(24)7-8-19(20)25/h4-8,13,17H,9-12,14H2,1-3H3,(H,26,31)(H,27,30). The van der Waals surface area contributed by atoms with Gasteiger partial charge in [-0.05, 0) is 50.1 Å². The lowest BCUT2D eigenvalue weighted by Gasteiger charge is -2.37. The van der Waals surface area contributed by atoms with E-state index in [4.69, 9.17) is 23.2 Å². The molecule has 1 saturated heterocycles. The minimum absolute atomic E-state index is 0.0211. The molecule has 0 saturated carbocycles. The van der Waals surface area contributed by atoms with Crippen LogP contribution >= 0.6 is 23.2 Å². The van der Waals surface area contributed by atoms with Crippen LogP contribution in [0.5, 0.6) is 0 Å². The fourth-order valence-electron chi connectivity index (χ4n) is 3.70. The van der Waals surface area contributed by atoms with Crippen LogP contribution < -0.4 is 10.6 Å². The highest BCUT2D eigenvalue weighted by atomic mass is 35.5. The second kappa shape index (κ2) is 10.5. The van der Waals surface area contributed by atoms with Crippen molar-refractivity contribution in [3.8, 4) is 0 Å². The number of halogens is 2. The Balaban J connectivity index is 1.49. The molecule has 6 nitrogen and oxygen atoms in total. The van der Waals surface area contributed by atoms with Crippen molar-refractivity contribution in [3.63, 3.8) is 0 Å². The summed E-state index contributed by atoms with van der Waals surface area (Å²) in [6.07, 6.45) is 0. The normalized spacial score (nSPS) is 16.0. The third-order valence-corrected chi connectivity index (χ3v) is 6.20. The van der Waals surface area contributed by atoms with Crippen LogP contribution in [0.1, 0.15) is 18.1 Å². The van der Waals surface area contributed by atoms with E-state index in [1.165, 1.54) is 0 Å². The van der Waals surface area contributed by atoms with Crippen LogP contribution in [0.2, 0.25) is 10.0 Å². The van der Waals surface area contributed by atoms with Crippen LogP contribution in [0.15, 0.2) is 36.4 Å². The van der Waals surface area contributed by atoms with Crippen molar-refractivity contribution in [3.05, 3.63) is 57.6 Å². The number of nitrogens with zero attached hydrogens (tertiary/aromatic N) is 2. The molecule has 31 heavy (non-hydrogen) atoms. The highest BCUT2D eigenvalue weighted by molar-refractivity contribution is 6.35. The van der Waals surface area contributed by atoms with Gasteiger partial charge in [-0.3, -0.25) is 19.4 Å². The molecule has 0 radical (unpaired) electrons. The van der Waals surface area contributed by atoms with Gasteiger partial charge in [0.25, 0.3) is 0 Å². The Labute approximate surface area is 193 Å². The molecule has 0 aromatic heterocycles. The Morgan fingerprint density at radius 3 is 2.29 bits per heavy atom. The molecule has 1 atom stereocenters. The SMILES string of the molecule is Cc1cccc(C)c1NC(=O)CN1CCN(C(C)C(=O)Nc2cc(Cl)ccc2Cl)CC1. The van der Waals surface area contributed by atoms with Gasteiger partial charge in [-0.15, -0.1) is 0 Å². The molecular formula is C23H28Cl2N4O2. The van der Waals surface area contributed by atoms with E-state index in [2.05, 4.69) is 20.4 Å². The lowest BCUT2D eigenvalue weighted by atomic mass is 10.1. The second-order valence-electron chi connectivity index (χ2n) is 7.92. The highest BCUT2D eigenvalue weighted by Crippen LogP contribution is 2.26. The molecule has 0 bridgehead atoms. The average Bonchev–Trinajstić information content (AvgIpc) is 2.73. The fraction of sp³-hybridized carbons (Fsp3) is 0.391. The number of piperazine rings is 1. The van der Waals surface area contributed by atoms with E-state index < -0.39 is 0 Å². The molecule has 2 aromatic rings. The Hall–Kier alpha value is -2.12. The van der Waals surface area contributed by atoms with E-state index in [1.54, 1.807) is 18.2 Å². The molecular weight excluding hydrogens is 435 g/mol. The summed E-state index contributed by atoms with van der Waals surface area (Å²) in [5.41, 5.74) is 3.50. The summed E-state index contributed by atoms with van der Waals surface area (Å²) in [6.45, 7) is 9.03. The average molecular weight is 463 g/mol. The summed E-state index contributed by atoms with van der Waals surface area (Å²) in [6, 6.07) is 10.6. The predicted molar refractivity (Wildman–Crippen MR) is 127 cm³/mol. The number of anilines is 2. The number of nitrogens with one attached hydrogen (secondary N) is 2.